The Balaban J connectivity index is 1.37. The SMILES string of the molecule is CC(C)Oc1cc(Nc2ncc3ccn(C[C@H]4CCCO4)c3n2)ccc1N1CCN(C)CC1. The molecule has 2 aromatic heterocycles. The molecule has 0 unspecified atom stereocenters. The largest absolute Gasteiger partial charge is 0.489 e. The zero-order chi connectivity index (χ0) is 22.8. The van der Waals surface area contributed by atoms with E-state index in [1.165, 1.54) is 0 Å². The van der Waals surface area contributed by atoms with Crippen LogP contribution in [0, 0.1) is 0 Å². The topological polar surface area (TPSA) is 67.7 Å². The van der Waals surface area contributed by atoms with Gasteiger partial charge in [-0.1, -0.05) is 0 Å². The van der Waals surface area contributed by atoms with Gasteiger partial charge in [0.05, 0.1) is 24.4 Å². The minimum Gasteiger partial charge on any atom is -0.489 e. The molecule has 5 rings (SSSR count). The maximum Gasteiger partial charge on any atom is 0.229 e. The van der Waals surface area contributed by atoms with Crippen molar-refractivity contribution in [3.63, 3.8) is 0 Å². The van der Waals surface area contributed by atoms with Crippen LogP contribution in [0.15, 0.2) is 36.7 Å². The first-order valence-electron chi connectivity index (χ1n) is 12.0. The van der Waals surface area contributed by atoms with Crippen LogP contribution in [0.25, 0.3) is 11.0 Å². The molecule has 0 bridgehead atoms. The fourth-order valence-corrected chi connectivity index (χ4v) is 4.56. The van der Waals surface area contributed by atoms with E-state index in [4.69, 9.17) is 14.5 Å². The second-order valence-electron chi connectivity index (χ2n) is 9.34. The molecule has 3 aromatic rings. The predicted octanol–water partition coefficient (Wildman–Crippen LogP) is 3.89. The van der Waals surface area contributed by atoms with Gasteiger partial charge in [0.2, 0.25) is 5.95 Å². The molecular weight excluding hydrogens is 416 g/mol. The van der Waals surface area contributed by atoms with E-state index in [2.05, 4.69) is 76.0 Å². The van der Waals surface area contributed by atoms with Crippen LogP contribution in [0.3, 0.4) is 0 Å². The fourth-order valence-electron chi connectivity index (χ4n) is 4.56. The lowest BCUT2D eigenvalue weighted by molar-refractivity contribution is 0.0979. The van der Waals surface area contributed by atoms with Gasteiger partial charge in [0.15, 0.2) is 0 Å². The summed E-state index contributed by atoms with van der Waals surface area (Å²) in [6.07, 6.45) is 6.56. The molecule has 33 heavy (non-hydrogen) atoms. The summed E-state index contributed by atoms with van der Waals surface area (Å²) >= 11 is 0. The molecular formula is C25H34N6O2. The lowest BCUT2D eigenvalue weighted by atomic mass is 10.2. The number of aromatic nitrogens is 3. The number of nitrogens with zero attached hydrogens (tertiary/aromatic N) is 5. The quantitative estimate of drug-likeness (QED) is 0.586. The van der Waals surface area contributed by atoms with Gasteiger partial charge in [-0.25, -0.2) is 4.98 Å². The highest BCUT2D eigenvalue weighted by Gasteiger charge is 2.20. The summed E-state index contributed by atoms with van der Waals surface area (Å²) in [5.74, 6) is 1.47. The average Bonchev–Trinajstić information content (AvgIpc) is 3.45. The van der Waals surface area contributed by atoms with Crippen molar-refractivity contribution in [2.24, 2.45) is 0 Å². The second kappa shape index (κ2) is 9.57. The van der Waals surface area contributed by atoms with Crippen LogP contribution < -0.4 is 15.0 Å². The Bertz CT molecular complexity index is 1080. The molecule has 0 saturated carbocycles. The maximum absolute atomic E-state index is 6.20. The van der Waals surface area contributed by atoms with Gasteiger partial charge in [-0.15, -0.1) is 0 Å². The Labute approximate surface area is 195 Å². The summed E-state index contributed by atoms with van der Waals surface area (Å²) in [5.41, 5.74) is 2.99. The molecule has 1 atom stereocenters. The number of likely N-dealkylation sites (N-methyl/N-ethyl adjacent to an activating group) is 1. The lowest BCUT2D eigenvalue weighted by Gasteiger charge is -2.35. The first kappa shape index (κ1) is 22.0. The van der Waals surface area contributed by atoms with Crippen LogP contribution in [0.1, 0.15) is 26.7 Å². The van der Waals surface area contributed by atoms with E-state index in [9.17, 15) is 0 Å². The van der Waals surface area contributed by atoms with Crippen LogP contribution in [-0.2, 0) is 11.3 Å². The number of piperazine rings is 1. The first-order chi connectivity index (χ1) is 16.0. The van der Waals surface area contributed by atoms with Gasteiger partial charge in [0.25, 0.3) is 0 Å². The summed E-state index contributed by atoms with van der Waals surface area (Å²) in [6, 6.07) is 8.35. The van der Waals surface area contributed by atoms with Gasteiger partial charge < -0.3 is 29.2 Å². The summed E-state index contributed by atoms with van der Waals surface area (Å²) in [4.78, 5) is 14.1. The van der Waals surface area contributed by atoms with Crippen LogP contribution in [-0.4, -0.2) is 71.5 Å². The zero-order valence-electron chi connectivity index (χ0n) is 19.8. The highest BCUT2D eigenvalue weighted by atomic mass is 16.5. The Kier molecular flexibility index (Phi) is 6.37. The molecule has 8 heteroatoms. The summed E-state index contributed by atoms with van der Waals surface area (Å²) in [5, 5.41) is 4.42. The predicted molar refractivity (Wildman–Crippen MR) is 132 cm³/mol. The molecule has 2 saturated heterocycles. The minimum absolute atomic E-state index is 0.0974. The van der Waals surface area contributed by atoms with Crippen molar-refractivity contribution in [2.45, 2.75) is 45.4 Å². The number of nitrogens with one attached hydrogen (secondary N) is 1. The van der Waals surface area contributed by atoms with Crippen LogP contribution in [0.4, 0.5) is 17.3 Å². The second-order valence-corrected chi connectivity index (χ2v) is 9.34. The molecule has 0 aliphatic carbocycles. The van der Waals surface area contributed by atoms with Crippen LogP contribution in [0.5, 0.6) is 5.75 Å². The van der Waals surface area contributed by atoms with Gasteiger partial charge in [0, 0.05) is 62.3 Å². The molecule has 0 amide bonds. The van der Waals surface area contributed by atoms with Crippen molar-refractivity contribution in [3.8, 4) is 5.75 Å². The molecule has 1 N–H and O–H groups in total. The highest BCUT2D eigenvalue weighted by molar-refractivity contribution is 5.77. The Morgan fingerprint density at radius 3 is 2.79 bits per heavy atom. The number of fused-ring (bicyclic) bond motifs is 1. The number of hydrogen-bond donors (Lipinski definition) is 1. The molecule has 2 aliphatic rings. The number of hydrogen-bond acceptors (Lipinski definition) is 7. The minimum atomic E-state index is 0.0974. The fraction of sp³-hybridized carbons (Fsp3) is 0.520. The van der Waals surface area contributed by atoms with Crippen molar-refractivity contribution in [1.29, 1.82) is 0 Å². The molecule has 176 valence electrons. The van der Waals surface area contributed by atoms with E-state index in [1.807, 2.05) is 6.20 Å². The smallest absolute Gasteiger partial charge is 0.229 e. The maximum atomic E-state index is 6.20. The molecule has 2 aliphatic heterocycles. The van der Waals surface area contributed by atoms with Gasteiger partial charge >= 0.3 is 0 Å². The number of anilines is 3. The number of benzene rings is 1. The first-order valence-corrected chi connectivity index (χ1v) is 12.0. The molecule has 0 spiro atoms. The van der Waals surface area contributed by atoms with Gasteiger partial charge in [-0.2, -0.15) is 4.98 Å². The number of rotatable bonds is 7. The highest BCUT2D eigenvalue weighted by Crippen LogP contribution is 2.34. The van der Waals surface area contributed by atoms with E-state index < -0.39 is 0 Å². The van der Waals surface area contributed by atoms with E-state index in [0.29, 0.717) is 5.95 Å². The van der Waals surface area contributed by atoms with Crippen LogP contribution in [0.2, 0.25) is 0 Å². The summed E-state index contributed by atoms with van der Waals surface area (Å²) < 4.78 is 14.2. The van der Waals surface area contributed by atoms with Crippen molar-refractivity contribution in [3.05, 3.63) is 36.7 Å². The van der Waals surface area contributed by atoms with E-state index in [-0.39, 0.29) is 12.2 Å². The van der Waals surface area contributed by atoms with E-state index in [1.54, 1.807) is 0 Å². The third-order valence-electron chi connectivity index (χ3n) is 6.35. The third-order valence-corrected chi connectivity index (χ3v) is 6.35. The van der Waals surface area contributed by atoms with Gasteiger partial charge in [-0.3, -0.25) is 0 Å². The Hall–Kier alpha value is -2.84. The molecule has 2 fully saturated rings. The summed E-state index contributed by atoms with van der Waals surface area (Å²) in [6.45, 7) is 9.92. The van der Waals surface area contributed by atoms with Crippen molar-refractivity contribution < 1.29 is 9.47 Å². The van der Waals surface area contributed by atoms with Crippen molar-refractivity contribution in [2.75, 3.05) is 50.1 Å². The lowest BCUT2D eigenvalue weighted by Crippen LogP contribution is -2.44. The van der Waals surface area contributed by atoms with Gasteiger partial charge in [-0.05, 0) is 51.9 Å². The summed E-state index contributed by atoms with van der Waals surface area (Å²) in [7, 11) is 2.17. The molecule has 8 nitrogen and oxygen atoms in total. The Morgan fingerprint density at radius 2 is 2.03 bits per heavy atom. The van der Waals surface area contributed by atoms with Crippen molar-refractivity contribution >= 4 is 28.4 Å². The standard InChI is InChI=1S/C25H34N6O2/c1-18(2)33-23-15-20(6-7-22(23)30-12-10-29(3)11-13-30)27-25-26-16-19-8-9-31(24(19)28-25)17-21-5-4-14-32-21/h6-9,15-16,18,21H,4-5,10-14,17H2,1-3H3,(H,26,27,28)/t21-/m1/s1. The monoisotopic (exact) mass is 450 g/mol. The molecule has 0 radical (unpaired) electrons. The Morgan fingerprint density at radius 1 is 1.18 bits per heavy atom. The van der Waals surface area contributed by atoms with E-state index >= 15 is 0 Å². The van der Waals surface area contributed by atoms with Gasteiger partial charge in [0.1, 0.15) is 11.4 Å². The number of ether oxygens (including phenoxy) is 2. The van der Waals surface area contributed by atoms with E-state index in [0.717, 1.165) is 80.3 Å². The third kappa shape index (κ3) is 5.07. The average molecular weight is 451 g/mol. The molecule has 4 heterocycles. The normalized spacial score (nSPS) is 19.5. The van der Waals surface area contributed by atoms with Crippen LogP contribution >= 0.6 is 0 Å². The van der Waals surface area contributed by atoms with Crippen molar-refractivity contribution in [1.82, 2.24) is 19.4 Å². The molecule has 1 aromatic carbocycles. The zero-order valence-corrected chi connectivity index (χ0v) is 19.8.